The van der Waals surface area contributed by atoms with Crippen LogP contribution in [-0.4, -0.2) is 37.2 Å². The maximum atomic E-state index is 12.9. The SMILES string of the molecule is CC/C=C\C/C=C\C/C=C\C/C=C\C/C=C\C/C=C\CCCCCCCCC(=O)OCC(COC(=O)CCCCCCC/C=C\CCCCC)OC(=O)CCCCCCCCCC/C=C\C/C=C\C/C=C\C/C=C\CC. The number of hydrogen-bond donors (Lipinski definition) is 0. The Morgan fingerprint density at radius 2 is 0.513 bits per heavy atom. The second-order valence-corrected chi connectivity index (χ2v) is 20.2. The summed E-state index contributed by atoms with van der Waals surface area (Å²) in [6.07, 6.45) is 88.7. The van der Waals surface area contributed by atoms with Gasteiger partial charge in [0.1, 0.15) is 13.2 Å². The highest BCUT2D eigenvalue weighted by atomic mass is 16.6. The zero-order valence-electron chi connectivity index (χ0n) is 49.2. The van der Waals surface area contributed by atoms with Crippen molar-refractivity contribution in [1.29, 1.82) is 0 Å². The number of rotatable bonds is 55. The summed E-state index contributed by atoms with van der Waals surface area (Å²) in [6.45, 7) is 6.37. The lowest BCUT2D eigenvalue weighted by molar-refractivity contribution is -0.167. The minimum atomic E-state index is -0.798. The molecule has 0 aliphatic rings. The molecule has 6 nitrogen and oxygen atoms in total. The molecule has 76 heavy (non-hydrogen) atoms. The van der Waals surface area contributed by atoms with Gasteiger partial charge in [0.05, 0.1) is 0 Å². The monoisotopic (exact) mass is 1050 g/mol. The van der Waals surface area contributed by atoms with E-state index in [0.717, 1.165) is 154 Å². The Hall–Kier alpha value is -4.45. The van der Waals surface area contributed by atoms with Crippen LogP contribution in [0.15, 0.2) is 134 Å². The van der Waals surface area contributed by atoms with Gasteiger partial charge in [-0.2, -0.15) is 0 Å². The van der Waals surface area contributed by atoms with Crippen LogP contribution in [0.2, 0.25) is 0 Å². The molecule has 0 aliphatic heterocycles. The largest absolute Gasteiger partial charge is 0.462 e. The fraction of sp³-hybridized carbons (Fsp3) is 0.643. The van der Waals surface area contributed by atoms with E-state index in [1.807, 2.05) is 0 Å². The molecule has 430 valence electrons. The summed E-state index contributed by atoms with van der Waals surface area (Å²) in [5.41, 5.74) is 0. The molecular formula is C70H114O6. The molecule has 0 amide bonds. The second kappa shape index (κ2) is 63.1. The molecule has 6 heteroatoms. The van der Waals surface area contributed by atoms with Gasteiger partial charge in [0.2, 0.25) is 0 Å². The molecule has 0 aliphatic carbocycles. The molecular weight excluding hydrogens is 937 g/mol. The van der Waals surface area contributed by atoms with Crippen molar-refractivity contribution >= 4 is 17.9 Å². The zero-order valence-corrected chi connectivity index (χ0v) is 49.2. The molecule has 0 saturated heterocycles. The second-order valence-electron chi connectivity index (χ2n) is 20.2. The van der Waals surface area contributed by atoms with Crippen LogP contribution in [-0.2, 0) is 28.6 Å². The van der Waals surface area contributed by atoms with Crippen LogP contribution >= 0.6 is 0 Å². The number of esters is 3. The minimum Gasteiger partial charge on any atom is -0.462 e. The number of hydrogen-bond acceptors (Lipinski definition) is 6. The topological polar surface area (TPSA) is 78.9 Å². The molecule has 1 atom stereocenters. The highest BCUT2D eigenvalue weighted by Gasteiger charge is 2.19. The molecule has 1 unspecified atom stereocenters. The van der Waals surface area contributed by atoms with E-state index >= 15 is 0 Å². The van der Waals surface area contributed by atoms with Gasteiger partial charge < -0.3 is 14.2 Å². The maximum absolute atomic E-state index is 12.9. The van der Waals surface area contributed by atoms with E-state index in [1.165, 1.54) is 77.0 Å². The van der Waals surface area contributed by atoms with Crippen molar-refractivity contribution < 1.29 is 28.6 Å². The highest BCUT2D eigenvalue weighted by molar-refractivity contribution is 5.71. The first-order valence-electron chi connectivity index (χ1n) is 31.2. The summed E-state index contributed by atoms with van der Waals surface area (Å²) < 4.78 is 16.9. The predicted molar refractivity (Wildman–Crippen MR) is 329 cm³/mol. The Balaban J connectivity index is 4.39. The van der Waals surface area contributed by atoms with Crippen molar-refractivity contribution in [3.8, 4) is 0 Å². The fourth-order valence-corrected chi connectivity index (χ4v) is 8.25. The predicted octanol–water partition coefficient (Wildman–Crippen LogP) is 21.4. The van der Waals surface area contributed by atoms with E-state index in [2.05, 4.69) is 154 Å². The summed E-state index contributed by atoms with van der Waals surface area (Å²) in [4.78, 5) is 38.3. The molecule has 0 aromatic rings. The molecule has 0 fully saturated rings. The van der Waals surface area contributed by atoms with Crippen molar-refractivity contribution in [2.24, 2.45) is 0 Å². The third kappa shape index (κ3) is 60.4. The van der Waals surface area contributed by atoms with Crippen molar-refractivity contribution in [2.45, 2.75) is 277 Å². The Kier molecular flexibility index (Phi) is 59.4. The third-order valence-corrected chi connectivity index (χ3v) is 12.9. The van der Waals surface area contributed by atoms with E-state index in [4.69, 9.17) is 14.2 Å². The van der Waals surface area contributed by atoms with Crippen LogP contribution in [0.1, 0.15) is 271 Å². The normalized spacial score (nSPS) is 13.0. The Morgan fingerprint density at radius 1 is 0.276 bits per heavy atom. The first kappa shape index (κ1) is 71.5. The van der Waals surface area contributed by atoms with Gasteiger partial charge in [-0.3, -0.25) is 14.4 Å². The summed E-state index contributed by atoms with van der Waals surface area (Å²) in [6, 6.07) is 0. The van der Waals surface area contributed by atoms with Gasteiger partial charge in [0.25, 0.3) is 0 Å². The summed E-state index contributed by atoms with van der Waals surface area (Å²) in [5.74, 6) is -0.925. The van der Waals surface area contributed by atoms with Gasteiger partial charge in [0, 0.05) is 19.3 Å². The molecule has 0 aromatic heterocycles. The third-order valence-electron chi connectivity index (χ3n) is 12.9. The molecule has 0 bridgehead atoms. The highest BCUT2D eigenvalue weighted by Crippen LogP contribution is 2.15. The van der Waals surface area contributed by atoms with Gasteiger partial charge >= 0.3 is 17.9 Å². The van der Waals surface area contributed by atoms with Crippen LogP contribution in [0.5, 0.6) is 0 Å². The number of unbranched alkanes of at least 4 members (excludes halogenated alkanes) is 22. The lowest BCUT2D eigenvalue weighted by Gasteiger charge is -2.18. The van der Waals surface area contributed by atoms with Crippen molar-refractivity contribution in [3.05, 3.63) is 134 Å². The first-order chi connectivity index (χ1) is 37.5. The fourth-order valence-electron chi connectivity index (χ4n) is 8.25. The first-order valence-corrected chi connectivity index (χ1v) is 31.2. The summed E-state index contributed by atoms with van der Waals surface area (Å²) in [5, 5.41) is 0. The molecule has 0 spiro atoms. The van der Waals surface area contributed by atoms with Crippen LogP contribution in [0.3, 0.4) is 0 Å². The van der Waals surface area contributed by atoms with Crippen LogP contribution < -0.4 is 0 Å². The quantitative estimate of drug-likeness (QED) is 0.0261. The molecule has 0 radical (unpaired) electrons. The Bertz CT molecular complexity index is 1630. The van der Waals surface area contributed by atoms with Gasteiger partial charge in [-0.1, -0.05) is 251 Å². The molecule has 0 aromatic carbocycles. The van der Waals surface area contributed by atoms with Crippen LogP contribution in [0.4, 0.5) is 0 Å². The summed E-state index contributed by atoms with van der Waals surface area (Å²) >= 11 is 0. The van der Waals surface area contributed by atoms with E-state index < -0.39 is 6.10 Å². The van der Waals surface area contributed by atoms with E-state index in [9.17, 15) is 14.4 Å². The van der Waals surface area contributed by atoms with E-state index in [1.54, 1.807) is 0 Å². The Labute approximate surface area is 468 Å². The molecule has 0 saturated carbocycles. The Morgan fingerprint density at radius 3 is 0.816 bits per heavy atom. The maximum Gasteiger partial charge on any atom is 0.306 e. The van der Waals surface area contributed by atoms with Gasteiger partial charge in [-0.25, -0.2) is 0 Å². The lowest BCUT2D eigenvalue weighted by Crippen LogP contribution is -2.30. The number of ether oxygens (including phenoxy) is 3. The standard InChI is InChI=1S/C70H114O6/c1-4-7-10-13-16-19-22-25-27-29-31-33-34-35-36-38-39-41-43-45-48-51-54-57-60-63-69(72)75-66-67(65-74-68(71)62-59-56-53-50-47-24-21-18-15-12-9-6-3)76-70(73)64-61-58-55-52-49-46-44-42-40-37-32-30-28-26-23-20-17-14-11-8-5-2/h7-8,10-11,16-21,25-28,31-33,35-37,39,41,67H,4-6,9,12-15,22-24,29-30,34,38,40,42-66H2,1-3H3/b10-7-,11-8-,19-16-,20-17-,21-18-,27-25-,28-26-,33-31-,36-35-,37-32-,41-39-. The number of allylic oxidation sites excluding steroid dienone is 22. The van der Waals surface area contributed by atoms with E-state index in [-0.39, 0.29) is 31.1 Å². The van der Waals surface area contributed by atoms with Crippen molar-refractivity contribution in [3.63, 3.8) is 0 Å². The number of carbonyl (C=O) groups is 3. The molecule has 0 rings (SSSR count). The van der Waals surface area contributed by atoms with E-state index in [0.29, 0.717) is 19.3 Å². The zero-order chi connectivity index (χ0) is 55.0. The van der Waals surface area contributed by atoms with Gasteiger partial charge in [-0.15, -0.1) is 0 Å². The number of carbonyl (C=O) groups excluding carboxylic acids is 3. The van der Waals surface area contributed by atoms with Crippen molar-refractivity contribution in [2.75, 3.05) is 13.2 Å². The average molecular weight is 1050 g/mol. The lowest BCUT2D eigenvalue weighted by atomic mass is 10.1. The minimum absolute atomic E-state index is 0.0940. The van der Waals surface area contributed by atoms with Crippen molar-refractivity contribution in [1.82, 2.24) is 0 Å². The van der Waals surface area contributed by atoms with Crippen LogP contribution in [0.25, 0.3) is 0 Å². The van der Waals surface area contributed by atoms with Gasteiger partial charge in [0.15, 0.2) is 6.10 Å². The summed E-state index contributed by atoms with van der Waals surface area (Å²) in [7, 11) is 0. The molecule has 0 heterocycles. The molecule has 0 N–H and O–H groups in total. The average Bonchev–Trinajstić information content (AvgIpc) is 3.42. The van der Waals surface area contributed by atoms with Gasteiger partial charge in [-0.05, 0) is 135 Å². The van der Waals surface area contributed by atoms with Crippen LogP contribution in [0, 0.1) is 0 Å². The smallest absolute Gasteiger partial charge is 0.306 e.